The van der Waals surface area contributed by atoms with E-state index in [1.807, 2.05) is 30.3 Å². The molecule has 0 aliphatic heterocycles. The molecule has 0 radical (unpaired) electrons. The SMILES string of the molecule is C=C[C@@H](CO[Si](c1ccccc1)(c1ccccc1)C(C)(C)C)Oc1ccc(OC)cc1. The molecule has 3 aromatic rings. The van der Waals surface area contributed by atoms with Crippen LogP contribution in [0, 0.1) is 0 Å². The van der Waals surface area contributed by atoms with Gasteiger partial charge < -0.3 is 13.9 Å². The lowest BCUT2D eigenvalue weighted by Gasteiger charge is -2.43. The van der Waals surface area contributed by atoms with Crippen molar-refractivity contribution in [3.05, 3.63) is 97.6 Å². The van der Waals surface area contributed by atoms with E-state index >= 15 is 0 Å². The van der Waals surface area contributed by atoms with Crippen LogP contribution in [0.2, 0.25) is 5.04 Å². The lowest BCUT2D eigenvalue weighted by atomic mass is 10.2. The zero-order valence-corrected chi connectivity index (χ0v) is 19.9. The topological polar surface area (TPSA) is 27.7 Å². The molecule has 0 saturated heterocycles. The van der Waals surface area contributed by atoms with E-state index in [2.05, 4.69) is 88.0 Å². The first-order valence-corrected chi connectivity index (χ1v) is 12.5. The Morgan fingerprint density at radius 2 is 1.29 bits per heavy atom. The van der Waals surface area contributed by atoms with Gasteiger partial charge in [0.2, 0.25) is 0 Å². The van der Waals surface area contributed by atoms with Crippen LogP contribution >= 0.6 is 0 Å². The number of hydrogen-bond acceptors (Lipinski definition) is 3. The van der Waals surface area contributed by atoms with E-state index in [0.29, 0.717) is 6.61 Å². The molecule has 3 rings (SSSR count). The van der Waals surface area contributed by atoms with Gasteiger partial charge in [-0.15, -0.1) is 0 Å². The van der Waals surface area contributed by atoms with E-state index in [4.69, 9.17) is 13.9 Å². The van der Waals surface area contributed by atoms with Crippen molar-refractivity contribution in [1.82, 2.24) is 0 Å². The van der Waals surface area contributed by atoms with E-state index in [1.54, 1.807) is 7.11 Å². The molecule has 0 spiro atoms. The van der Waals surface area contributed by atoms with Gasteiger partial charge in [-0.1, -0.05) is 88.0 Å². The molecule has 3 nitrogen and oxygen atoms in total. The van der Waals surface area contributed by atoms with Crippen molar-refractivity contribution in [2.45, 2.75) is 31.9 Å². The molecule has 0 aromatic heterocycles. The maximum Gasteiger partial charge on any atom is 0.261 e. The Kier molecular flexibility index (Phi) is 7.36. The quantitative estimate of drug-likeness (QED) is 0.343. The van der Waals surface area contributed by atoms with Gasteiger partial charge in [0.15, 0.2) is 0 Å². The Labute approximate surface area is 187 Å². The molecular weight excluding hydrogens is 400 g/mol. The fourth-order valence-electron chi connectivity index (χ4n) is 3.95. The van der Waals surface area contributed by atoms with Crippen LogP contribution in [0.3, 0.4) is 0 Å². The molecule has 0 amide bonds. The van der Waals surface area contributed by atoms with Crippen LogP contribution in [0.25, 0.3) is 0 Å². The summed E-state index contributed by atoms with van der Waals surface area (Å²) >= 11 is 0. The van der Waals surface area contributed by atoms with Crippen molar-refractivity contribution >= 4 is 18.7 Å². The largest absolute Gasteiger partial charge is 0.497 e. The van der Waals surface area contributed by atoms with E-state index < -0.39 is 8.32 Å². The molecule has 0 bridgehead atoms. The molecule has 0 fully saturated rings. The summed E-state index contributed by atoms with van der Waals surface area (Å²) in [5.41, 5.74) is 0. The zero-order valence-electron chi connectivity index (χ0n) is 18.9. The van der Waals surface area contributed by atoms with Crippen molar-refractivity contribution in [3.63, 3.8) is 0 Å². The second kappa shape index (κ2) is 9.99. The van der Waals surface area contributed by atoms with Crippen molar-refractivity contribution in [2.75, 3.05) is 13.7 Å². The van der Waals surface area contributed by atoms with Gasteiger partial charge in [-0.25, -0.2) is 0 Å². The van der Waals surface area contributed by atoms with Gasteiger partial charge in [-0.3, -0.25) is 0 Å². The fraction of sp³-hybridized carbons (Fsp3) is 0.259. The third-order valence-electron chi connectivity index (χ3n) is 5.49. The highest BCUT2D eigenvalue weighted by atomic mass is 28.4. The average molecular weight is 433 g/mol. The highest BCUT2D eigenvalue weighted by Gasteiger charge is 2.50. The maximum absolute atomic E-state index is 6.95. The summed E-state index contributed by atoms with van der Waals surface area (Å²) < 4.78 is 18.4. The van der Waals surface area contributed by atoms with Crippen molar-refractivity contribution in [1.29, 1.82) is 0 Å². The predicted molar refractivity (Wildman–Crippen MR) is 131 cm³/mol. The second-order valence-electron chi connectivity index (χ2n) is 8.54. The molecule has 4 heteroatoms. The van der Waals surface area contributed by atoms with Gasteiger partial charge in [0.1, 0.15) is 17.6 Å². The Hall–Kier alpha value is -2.82. The lowest BCUT2D eigenvalue weighted by molar-refractivity contribution is 0.157. The molecule has 0 saturated carbocycles. The van der Waals surface area contributed by atoms with Crippen LogP contribution < -0.4 is 19.8 Å². The Morgan fingerprint density at radius 1 is 0.806 bits per heavy atom. The van der Waals surface area contributed by atoms with Gasteiger partial charge in [0, 0.05) is 0 Å². The Morgan fingerprint density at radius 3 is 1.71 bits per heavy atom. The average Bonchev–Trinajstić information content (AvgIpc) is 2.79. The van der Waals surface area contributed by atoms with Crippen LogP contribution in [-0.4, -0.2) is 28.1 Å². The number of benzene rings is 3. The Balaban J connectivity index is 1.93. The zero-order chi connectivity index (χ0) is 22.3. The van der Waals surface area contributed by atoms with Crippen LogP contribution in [-0.2, 0) is 4.43 Å². The number of rotatable bonds is 9. The molecule has 1 atom stereocenters. The first-order valence-electron chi connectivity index (χ1n) is 10.6. The summed E-state index contributed by atoms with van der Waals surface area (Å²) in [6, 6.07) is 28.8. The first kappa shape index (κ1) is 22.9. The van der Waals surface area contributed by atoms with Crippen molar-refractivity contribution in [2.24, 2.45) is 0 Å². The normalized spacial score (nSPS) is 12.8. The first-order chi connectivity index (χ1) is 14.9. The maximum atomic E-state index is 6.95. The minimum absolute atomic E-state index is 0.0818. The standard InChI is InChI=1S/C27H32O3Si/c1-6-22(30-24-19-17-23(28-5)18-20-24)21-29-31(27(2,3)4,25-13-9-7-10-14-25)26-15-11-8-12-16-26/h6-20,22H,1,21H2,2-5H3/t22-/m0/s1. The third-order valence-corrected chi connectivity index (χ3v) is 10.5. The van der Waals surface area contributed by atoms with Crippen molar-refractivity contribution in [3.8, 4) is 11.5 Å². The molecule has 162 valence electrons. The summed E-state index contributed by atoms with van der Waals surface area (Å²) in [5, 5.41) is 2.42. The molecule has 0 N–H and O–H groups in total. The summed E-state index contributed by atoms with van der Waals surface area (Å²) in [4.78, 5) is 0. The summed E-state index contributed by atoms with van der Waals surface area (Å²) in [6.07, 6.45) is 1.54. The molecule has 0 aliphatic carbocycles. The smallest absolute Gasteiger partial charge is 0.261 e. The Bertz CT molecular complexity index is 908. The number of methoxy groups -OCH3 is 1. The van der Waals surface area contributed by atoms with Gasteiger partial charge in [0.25, 0.3) is 8.32 Å². The molecule has 0 aliphatic rings. The summed E-state index contributed by atoms with van der Waals surface area (Å²) in [5.74, 6) is 1.56. The van der Waals surface area contributed by atoms with Crippen LogP contribution in [0.5, 0.6) is 11.5 Å². The van der Waals surface area contributed by atoms with Gasteiger partial charge in [-0.2, -0.15) is 0 Å². The number of hydrogen-bond donors (Lipinski definition) is 0. The van der Waals surface area contributed by atoms with Gasteiger partial charge in [0.05, 0.1) is 13.7 Å². The van der Waals surface area contributed by atoms with E-state index in [1.165, 1.54) is 10.4 Å². The van der Waals surface area contributed by atoms with Gasteiger partial charge >= 0.3 is 0 Å². The number of ether oxygens (including phenoxy) is 2. The lowest BCUT2D eigenvalue weighted by Crippen LogP contribution is -2.67. The monoisotopic (exact) mass is 432 g/mol. The van der Waals surface area contributed by atoms with Crippen LogP contribution in [0.15, 0.2) is 97.6 Å². The van der Waals surface area contributed by atoms with E-state index in [-0.39, 0.29) is 11.1 Å². The van der Waals surface area contributed by atoms with Crippen LogP contribution in [0.1, 0.15) is 20.8 Å². The highest BCUT2D eigenvalue weighted by Crippen LogP contribution is 2.37. The summed E-state index contributed by atoms with van der Waals surface area (Å²) in [6.45, 7) is 11.2. The molecular formula is C27H32O3Si. The molecule has 0 heterocycles. The predicted octanol–water partition coefficient (Wildman–Crippen LogP) is 5.21. The van der Waals surface area contributed by atoms with Crippen molar-refractivity contribution < 1.29 is 13.9 Å². The minimum atomic E-state index is -2.61. The molecule has 3 aromatic carbocycles. The third kappa shape index (κ3) is 5.09. The fourth-order valence-corrected chi connectivity index (χ4v) is 8.52. The minimum Gasteiger partial charge on any atom is -0.497 e. The van der Waals surface area contributed by atoms with E-state index in [9.17, 15) is 0 Å². The van der Waals surface area contributed by atoms with E-state index in [0.717, 1.165) is 11.5 Å². The molecule has 31 heavy (non-hydrogen) atoms. The highest BCUT2D eigenvalue weighted by molar-refractivity contribution is 6.99. The second-order valence-corrected chi connectivity index (χ2v) is 12.8. The van der Waals surface area contributed by atoms with Gasteiger partial charge in [-0.05, 0) is 45.8 Å². The van der Waals surface area contributed by atoms with Crippen LogP contribution in [0.4, 0.5) is 0 Å². The molecule has 0 unspecified atom stereocenters. The summed E-state index contributed by atoms with van der Waals surface area (Å²) in [7, 11) is -0.955.